The first-order chi connectivity index (χ1) is 8.33. The first kappa shape index (κ1) is 14.1. The molecule has 1 aromatic carbocycles. The lowest BCUT2D eigenvalue weighted by Crippen LogP contribution is -2.52. The molecule has 0 unspecified atom stereocenters. The number of hydrogen-bond donors (Lipinski definition) is 3. The van der Waals surface area contributed by atoms with Gasteiger partial charge >= 0.3 is 0 Å². The summed E-state index contributed by atoms with van der Waals surface area (Å²) in [7, 11) is 0. The van der Waals surface area contributed by atoms with Crippen LogP contribution >= 0.6 is 0 Å². The van der Waals surface area contributed by atoms with Crippen LogP contribution in [0.2, 0.25) is 0 Å². The molecule has 1 aromatic rings. The first-order valence-corrected chi connectivity index (χ1v) is 5.42. The van der Waals surface area contributed by atoms with E-state index in [2.05, 4.69) is 10.6 Å². The largest absolute Gasteiger partial charge is 0.368 e. The molecule has 6 heteroatoms. The van der Waals surface area contributed by atoms with E-state index in [-0.39, 0.29) is 12.2 Å². The lowest BCUT2D eigenvalue weighted by Gasteiger charge is -2.21. The molecular formula is C12H16FN3O2. The van der Waals surface area contributed by atoms with E-state index in [4.69, 9.17) is 5.73 Å². The quantitative estimate of drug-likeness (QED) is 0.719. The van der Waals surface area contributed by atoms with Gasteiger partial charge in [-0.2, -0.15) is 0 Å². The van der Waals surface area contributed by atoms with E-state index in [9.17, 15) is 14.0 Å². The monoisotopic (exact) mass is 253 g/mol. The summed E-state index contributed by atoms with van der Waals surface area (Å²) in [6, 6.07) is 5.84. The molecule has 0 bridgehead atoms. The number of nitrogens with one attached hydrogen (secondary N) is 2. The maximum atomic E-state index is 13.2. The third kappa shape index (κ3) is 3.81. The van der Waals surface area contributed by atoms with Crippen molar-refractivity contribution in [1.82, 2.24) is 5.32 Å². The number of primary amides is 1. The molecule has 2 amide bonds. The van der Waals surface area contributed by atoms with Crippen LogP contribution in [0.4, 0.5) is 10.1 Å². The minimum atomic E-state index is -0.993. The van der Waals surface area contributed by atoms with Crippen LogP contribution < -0.4 is 16.4 Å². The third-order valence-electron chi connectivity index (χ3n) is 2.45. The van der Waals surface area contributed by atoms with Crippen molar-refractivity contribution < 1.29 is 14.0 Å². The highest BCUT2D eigenvalue weighted by Gasteiger charge is 2.24. The van der Waals surface area contributed by atoms with Crippen LogP contribution in [-0.2, 0) is 9.59 Å². The Morgan fingerprint density at radius 1 is 1.33 bits per heavy atom. The van der Waals surface area contributed by atoms with Gasteiger partial charge in [-0.3, -0.25) is 14.9 Å². The smallest absolute Gasteiger partial charge is 0.238 e. The molecule has 0 aromatic heterocycles. The number of para-hydroxylation sites is 1. The van der Waals surface area contributed by atoms with Gasteiger partial charge < -0.3 is 11.1 Å². The van der Waals surface area contributed by atoms with Gasteiger partial charge in [-0.05, 0) is 26.0 Å². The maximum Gasteiger partial charge on any atom is 0.238 e. The van der Waals surface area contributed by atoms with Gasteiger partial charge in [-0.1, -0.05) is 12.1 Å². The van der Waals surface area contributed by atoms with Crippen LogP contribution in [0.25, 0.3) is 0 Å². The summed E-state index contributed by atoms with van der Waals surface area (Å²) >= 11 is 0. The zero-order valence-electron chi connectivity index (χ0n) is 10.3. The number of halogens is 1. The van der Waals surface area contributed by atoms with Gasteiger partial charge in [0.25, 0.3) is 0 Å². The molecular weight excluding hydrogens is 237 g/mol. The molecule has 0 atom stereocenters. The number of anilines is 1. The zero-order chi connectivity index (χ0) is 13.8. The Labute approximate surface area is 105 Å². The van der Waals surface area contributed by atoms with Crippen LogP contribution in [0.5, 0.6) is 0 Å². The fourth-order valence-electron chi connectivity index (χ4n) is 1.15. The van der Waals surface area contributed by atoms with E-state index < -0.39 is 23.2 Å². The van der Waals surface area contributed by atoms with Crippen molar-refractivity contribution in [2.24, 2.45) is 5.73 Å². The summed E-state index contributed by atoms with van der Waals surface area (Å²) in [4.78, 5) is 22.6. The highest BCUT2D eigenvalue weighted by molar-refractivity contribution is 5.93. The summed E-state index contributed by atoms with van der Waals surface area (Å²) in [6.07, 6.45) is 0. The molecule has 0 spiro atoms. The van der Waals surface area contributed by atoms with Gasteiger partial charge in [0, 0.05) is 0 Å². The fourth-order valence-corrected chi connectivity index (χ4v) is 1.15. The van der Waals surface area contributed by atoms with Crippen molar-refractivity contribution in [1.29, 1.82) is 0 Å². The standard InChI is InChI=1S/C12H16FN3O2/c1-12(2,11(14)18)15-7-10(17)16-9-6-4-3-5-8(9)13/h3-6,15H,7H2,1-2H3,(H2,14,18)(H,16,17). The number of carbonyl (C=O) groups is 2. The third-order valence-corrected chi connectivity index (χ3v) is 2.45. The Morgan fingerprint density at radius 3 is 2.50 bits per heavy atom. The average Bonchev–Trinajstić information content (AvgIpc) is 2.29. The summed E-state index contributed by atoms with van der Waals surface area (Å²) in [5.41, 5.74) is 4.24. The van der Waals surface area contributed by atoms with Gasteiger partial charge in [0.15, 0.2) is 0 Å². The Bertz CT molecular complexity index is 460. The van der Waals surface area contributed by atoms with Gasteiger partial charge in [0.1, 0.15) is 5.82 Å². The van der Waals surface area contributed by atoms with E-state index in [0.717, 1.165) is 0 Å². The van der Waals surface area contributed by atoms with Crippen molar-refractivity contribution in [3.8, 4) is 0 Å². The highest BCUT2D eigenvalue weighted by Crippen LogP contribution is 2.11. The van der Waals surface area contributed by atoms with Crippen LogP contribution in [0.3, 0.4) is 0 Å². The lowest BCUT2D eigenvalue weighted by molar-refractivity contribution is -0.123. The summed E-state index contributed by atoms with van der Waals surface area (Å²) < 4.78 is 13.2. The van der Waals surface area contributed by atoms with Crippen LogP contribution in [-0.4, -0.2) is 23.9 Å². The predicted molar refractivity (Wildman–Crippen MR) is 66.3 cm³/mol. The van der Waals surface area contributed by atoms with Crippen molar-refractivity contribution in [2.75, 3.05) is 11.9 Å². The molecule has 5 nitrogen and oxygen atoms in total. The van der Waals surface area contributed by atoms with E-state index in [1.54, 1.807) is 19.9 Å². The van der Waals surface area contributed by atoms with Crippen LogP contribution in [0.1, 0.15) is 13.8 Å². The lowest BCUT2D eigenvalue weighted by atomic mass is 10.1. The second-order valence-corrected chi connectivity index (χ2v) is 4.37. The van der Waals surface area contributed by atoms with Crippen molar-refractivity contribution >= 4 is 17.5 Å². The Kier molecular flexibility index (Phi) is 4.38. The Hall–Kier alpha value is -1.95. The molecule has 0 aliphatic heterocycles. The number of benzene rings is 1. The zero-order valence-corrected chi connectivity index (χ0v) is 10.3. The molecule has 0 aliphatic rings. The van der Waals surface area contributed by atoms with Gasteiger partial charge in [0.2, 0.25) is 11.8 Å². The molecule has 1 rings (SSSR count). The summed E-state index contributed by atoms with van der Waals surface area (Å²) in [6.45, 7) is 2.99. The number of rotatable bonds is 5. The minimum Gasteiger partial charge on any atom is -0.368 e. The number of hydrogen-bond acceptors (Lipinski definition) is 3. The number of nitrogens with two attached hydrogens (primary N) is 1. The molecule has 0 aliphatic carbocycles. The maximum absolute atomic E-state index is 13.2. The van der Waals surface area contributed by atoms with E-state index in [1.165, 1.54) is 18.2 Å². The van der Waals surface area contributed by atoms with Crippen LogP contribution in [0.15, 0.2) is 24.3 Å². The Balaban J connectivity index is 2.54. The molecule has 98 valence electrons. The van der Waals surface area contributed by atoms with Crippen LogP contribution in [0, 0.1) is 5.82 Å². The van der Waals surface area contributed by atoms with Crippen molar-refractivity contribution in [3.05, 3.63) is 30.1 Å². The average molecular weight is 253 g/mol. The molecule has 0 saturated heterocycles. The summed E-state index contributed by atoms with van der Waals surface area (Å²) in [5.74, 6) is -1.53. The van der Waals surface area contributed by atoms with Gasteiger partial charge in [-0.15, -0.1) is 0 Å². The molecule has 0 fully saturated rings. The fraction of sp³-hybridized carbons (Fsp3) is 0.333. The van der Waals surface area contributed by atoms with Crippen molar-refractivity contribution in [2.45, 2.75) is 19.4 Å². The number of amides is 2. The second kappa shape index (κ2) is 5.59. The predicted octanol–water partition coefficient (Wildman–Crippen LogP) is 0.618. The summed E-state index contributed by atoms with van der Waals surface area (Å²) in [5, 5.41) is 5.08. The topological polar surface area (TPSA) is 84.2 Å². The molecule has 0 saturated carbocycles. The Morgan fingerprint density at radius 2 is 1.94 bits per heavy atom. The molecule has 0 radical (unpaired) electrons. The van der Waals surface area contributed by atoms with E-state index >= 15 is 0 Å². The molecule has 18 heavy (non-hydrogen) atoms. The SMILES string of the molecule is CC(C)(NCC(=O)Nc1ccccc1F)C(N)=O. The second-order valence-electron chi connectivity index (χ2n) is 4.37. The number of carbonyl (C=O) groups excluding carboxylic acids is 2. The normalized spacial score (nSPS) is 11.1. The van der Waals surface area contributed by atoms with Gasteiger partial charge in [0.05, 0.1) is 17.8 Å². The molecule has 4 N–H and O–H groups in total. The minimum absolute atomic E-state index is 0.0983. The van der Waals surface area contributed by atoms with E-state index in [0.29, 0.717) is 0 Å². The molecule has 0 heterocycles. The highest BCUT2D eigenvalue weighted by atomic mass is 19.1. The first-order valence-electron chi connectivity index (χ1n) is 5.42. The van der Waals surface area contributed by atoms with E-state index in [1.807, 2.05) is 0 Å². The van der Waals surface area contributed by atoms with Gasteiger partial charge in [-0.25, -0.2) is 4.39 Å². The van der Waals surface area contributed by atoms with Crippen molar-refractivity contribution in [3.63, 3.8) is 0 Å².